The Hall–Kier alpha value is -2.34. The molecule has 0 bridgehead atoms. The molecule has 6 heteroatoms. The van der Waals surface area contributed by atoms with E-state index in [1.807, 2.05) is 42.3 Å². The van der Waals surface area contributed by atoms with E-state index in [2.05, 4.69) is 26.1 Å². The second-order valence-electron chi connectivity index (χ2n) is 7.13. The van der Waals surface area contributed by atoms with Crippen molar-refractivity contribution in [2.75, 3.05) is 18.5 Å². The van der Waals surface area contributed by atoms with Gasteiger partial charge in [-0.3, -0.25) is 9.59 Å². The van der Waals surface area contributed by atoms with Gasteiger partial charge < -0.3 is 15.1 Å². The van der Waals surface area contributed by atoms with Crippen LogP contribution in [-0.4, -0.2) is 36.5 Å². The minimum Gasteiger partial charge on any atom is -0.354 e. The van der Waals surface area contributed by atoms with Gasteiger partial charge in [0.1, 0.15) is 6.17 Å². The first-order valence-electron chi connectivity index (χ1n) is 9.25. The maximum absolute atomic E-state index is 12.8. The Bertz CT molecular complexity index is 881. The van der Waals surface area contributed by atoms with Crippen LogP contribution in [0.3, 0.4) is 0 Å². The van der Waals surface area contributed by atoms with Crippen LogP contribution in [0.2, 0.25) is 0 Å². The molecule has 0 unspecified atom stereocenters. The highest BCUT2D eigenvalue weighted by Crippen LogP contribution is 2.34. The molecule has 1 fully saturated rings. The smallest absolute Gasteiger partial charge is 0.257 e. The van der Waals surface area contributed by atoms with E-state index in [1.165, 1.54) is 0 Å². The first-order valence-corrected chi connectivity index (χ1v) is 10.0. The highest BCUT2D eigenvalue weighted by atomic mass is 79.9. The molecule has 140 valence electrons. The quantitative estimate of drug-likeness (QED) is 0.810. The van der Waals surface area contributed by atoms with Crippen LogP contribution >= 0.6 is 15.9 Å². The van der Waals surface area contributed by atoms with Gasteiger partial charge in [0.05, 0.1) is 11.3 Å². The summed E-state index contributed by atoms with van der Waals surface area (Å²) in [5.41, 5.74) is 3.14. The molecule has 2 amide bonds. The van der Waals surface area contributed by atoms with Crippen molar-refractivity contribution in [1.82, 2.24) is 10.2 Å². The number of carbonyl (C=O) groups excluding carboxylic acids is 2. The maximum atomic E-state index is 12.8. The molecule has 2 heterocycles. The lowest BCUT2D eigenvalue weighted by Crippen LogP contribution is -2.55. The topological polar surface area (TPSA) is 52.7 Å². The van der Waals surface area contributed by atoms with Crippen LogP contribution in [0.25, 0.3) is 0 Å². The second-order valence-corrected chi connectivity index (χ2v) is 8.04. The Morgan fingerprint density at radius 1 is 1.19 bits per heavy atom. The summed E-state index contributed by atoms with van der Waals surface area (Å²) in [6, 6.07) is 13.2. The zero-order valence-corrected chi connectivity index (χ0v) is 16.8. The SMILES string of the molecule is CN1c2cc(C(=O)NCc3ccc(Br)cc3)ccc2C(=O)N2CCCC[C@@H]21. The van der Waals surface area contributed by atoms with E-state index < -0.39 is 0 Å². The van der Waals surface area contributed by atoms with Gasteiger partial charge in [0, 0.05) is 30.2 Å². The van der Waals surface area contributed by atoms with Crippen LogP contribution in [0.5, 0.6) is 0 Å². The summed E-state index contributed by atoms with van der Waals surface area (Å²) < 4.78 is 1.01. The van der Waals surface area contributed by atoms with E-state index in [0.717, 1.165) is 41.5 Å². The van der Waals surface area contributed by atoms with Crippen LogP contribution in [0.1, 0.15) is 45.5 Å². The first kappa shape index (κ1) is 18.0. The Kier molecular flexibility index (Phi) is 4.91. The molecule has 5 nitrogen and oxygen atoms in total. The number of nitrogens with one attached hydrogen (secondary N) is 1. The van der Waals surface area contributed by atoms with Gasteiger partial charge in [-0.15, -0.1) is 0 Å². The lowest BCUT2D eigenvalue weighted by atomic mass is 9.97. The average Bonchev–Trinajstić information content (AvgIpc) is 2.71. The van der Waals surface area contributed by atoms with E-state index in [1.54, 1.807) is 12.1 Å². The highest BCUT2D eigenvalue weighted by molar-refractivity contribution is 9.10. The van der Waals surface area contributed by atoms with Gasteiger partial charge in [0.2, 0.25) is 0 Å². The molecule has 0 aromatic heterocycles. The average molecular weight is 428 g/mol. The third kappa shape index (κ3) is 3.46. The standard InChI is InChI=1S/C21H22BrN3O2/c1-24-18-12-15(20(26)23-13-14-5-8-16(22)9-6-14)7-10-17(18)21(27)25-11-3-2-4-19(24)25/h5-10,12,19H,2-4,11,13H2,1H3,(H,23,26)/t19-/m1/s1. The van der Waals surface area contributed by atoms with Crippen molar-refractivity contribution in [2.45, 2.75) is 32.0 Å². The van der Waals surface area contributed by atoms with Crippen molar-refractivity contribution in [1.29, 1.82) is 0 Å². The number of hydrogen-bond donors (Lipinski definition) is 1. The fraction of sp³-hybridized carbons (Fsp3) is 0.333. The highest BCUT2D eigenvalue weighted by Gasteiger charge is 2.37. The molecule has 0 radical (unpaired) electrons. The van der Waals surface area contributed by atoms with Crippen LogP contribution in [-0.2, 0) is 6.54 Å². The fourth-order valence-corrected chi connectivity index (χ4v) is 4.17. The minimum absolute atomic E-state index is 0.0784. The summed E-state index contributed by atoms with van der Waals surface area (Å²) in [6.07, 6.45) is 3.25. The molecule has 2 aliphatic rings. The van der Waals surface area contributed by atoms with Gasteiger partial charge >= 0.3 is 0 Å². The predicted octanol–water partition coefficient (Wildman–Crippen LogP) is 3.78. The van der Waals surface area contributed by atoms with Crippen LogP contribution in [0, 0.1) is 0 Å². The fourth-order valence-electron chi connectivity index (χ4n) is 3.90. The first-order chi connectivity index (χ1) is 13.0. The van der Waals surface area contributed by atoms with Gasteiger partial charge in [-0.1, -0.05) is 28.1 Å². The van der Waals surface area contributed by atoms with Crippen molar-refractivity contribution in [3.63, 3.8) is 0 Å². The van der Waals surface area contributed by atoms with Crippen LogP contribution in [0.15, 0.2) is 46.9 Å². The van der Waals surface area contributed by atoms with Crippen molar-refractivity contribution >= 4 is 33.4 Å². The van der Waals surface area contributed by atoms with E-state index in [0.29, 0.717) is 17.7 Å². The Morgan fingerprint density at radius 3 is 2.74 bits per heavy atom. The predicted molar refractivity (Wildman–Crippen MR) is 109 cm³/mol. The summed E-state index contributed by atoms with van der Waals surface area (Å²) in [6.45, 7) is 1.27. The van der Waals surface area contributed by atoms with Gasteiger partial charge in [-0.25, -0.2) is 0 Å². The van der Waals surface area contributed by atoms with Crippen LogP contribution < -0.4 is 10.2 Å². The molecule has 1 saturated heterocycles. The van der Waals surface area contributed by atoms with Crippen LogP contribution in [0.4, 0.5) is 5.69 Å². The summed E-state index contributed by atoms with van der Waals surface area (Å²) in [7, 11) is 2.01. The third-order valence-electron chi connectivity index (χ3n) is 5.42. The molecule has 2 aliphatic heterocycles. The Balaban J connectivity index is 1.53. The van der Waals surface area contributed by atoms with Crippen molar-refractivity contribution in [2.24, 2.45) is 0 Å². The number of nitrogens with zero attached hydrogens (tertiary/aromatic N) is 2. The molecule has 4 rings (SSSR count). The van der Waals surface area contributed by atoms with Crippen molar-refractivity contribution < 1.29 is 9.59 Å². The van der Waals surface area contributed by atoms with Crippen molar-refractivity contribution in [3.8, 4) is 0 Å². The molecular weight excluding hydrogens is 406 g/mol. The minimum atomic E-state index is -0.132. The number of benzene rings is 2. The molecule has 1 atom stereocenters. The lowest BCUT2D eigenvalue weighted by Gasteiger charge is -2.46. The zero-order valence-electron chi connectivity index (χ0n) is 15.2. The number of halogens is 1. The number of fused-ring (bicyclic) bond motifs is 2. The molecule has 0 spiro atoms. The molecular formula is C21H22BrN3O2. The molecule has 2 aromatic carbocycles. The molecule has 2 aromatic rings. The summed E-state index contributed by atoms with van der Waals surface area (Å²) in [5, 5.41) is 2.96. The number of piperidine rings is 1. The van der Waals surface area contributed by atoms with E-state index >= 15 is 0 Å². The molecule has 27 heavy (non-hydrogen) atoms. The Morgan fingerprint density at radius 2 is 1.96 bits per heavy atom. The van der Waals surface area contributed by atoms with Gasteiger partial charge in [-0.05, 0) is 55.2 Å². The monoisotopic (exact) mass is 427 g/mol. The van der Waals surface area contributed by atoms with Crippen molar-refractivity contribution in [3.05, 3.63) is 63.6 Å². The maximum Gasteiger partial charge on any atom is 0.257 e. The second kappa shape index (κ2) is 7.35. The Labute approximate surface area is 167 Å². The lowest BCUT2D eigenvalue weighted by molar-refractivity contribution is 0.0589. The zero-order chi connectivity index (χ0) is 19.0. The normalized spacial score (nSPS) is 18.7. The number of amides is 2. The van der Waals surface area contributed by atoms with Gasteiger partial charge in [-0.2, -0.15) is 0 Å². The van der Waals surface area contributed by atoms with E-state index in [9.17, 15) is 9.59 Å². The molecule has 0 saturated carbocycles. The van der Waals surface area contributed by atoms with Gasteiger partial charge in [0.15, 0.2) is 0 Å². The number of rotatable bonds is 3. The summed E-state index contributed by atoms with van der Waals surface area (Å²) in [4.78, 5) is 29.5. The number of carbonyl (C=O) groups is 2. The number of hydrogen-bond acceptors (Lipinski definition) is 3. The molecule has 1 N–H and O–H groups in total. The largest absolute Gasteiger partial charge is 0.354 e. The van der Waals surface area contributed by atoms with E-state index in [-0.39, 0.29) is 18.0 Å². The van der Waals surface area contributed by atoms with E-state index in [4.69, 9.17) is 0 Å². The third-order valence-corrected chi connectivity index (χ3v) is 5.94. The summed E-state index contributed by atoms with van der Waals surface area (Å²) in [5.74, 6) is -0.0535. The molecule has 0 aliphatic carbocycles. The number of anilines is 1. The summed E-state index contributed by atoms with van der Waals surface area (Å²) >= 11 is 3.41. The van der Waals surface area contributed by atoms with Gasteiger partial charge in [0.25, 0.3) is 11.8 Å².